The average molecular weight is 405 g/mol. The molecule has 1 amide bonds. The predicted octanol–water partition coefficient (Wildman–Crippen LogP) is 3.03. The number of carbonyl (C=O) groups excluding carboxylic acids is 1. The van der Waals surface area contributed by atoms with Crippen molar-refractivity contribution in [3.63, 3.8) is 0 Å². The molecule has 2 aromatic heterocycles. The maximum absolute atomic E-state index is 12.1. The minimum Gasteiger partial charge on any atom is -0.338 e. The van der Waals surface area contributed by atoms with Gasteiger partial charge in [-0.15, -0.1) is 10.2 Å². The van der Waals surface area contributed by atoms with Crippen molar-refractivity contribution in [1.82, 2.24) is 25.4 Å². The van der Waals surface area contributed by atoms with Crippen molar-refractivity contribution < 1.29 is 9.32 Å². The molecule has 0 saturated carbocycles. The average Bonchev–Trinajstić information content (AvgIpc) is 3.17. The van der Waals surface area contributed by atoms with Gasteiger partial charge in [0, 0.05) is 21.5 Å². The maximum atomic E-state index is 12.1. The van der Waals surface area contributed by atoms with Crippen LogP contribution >= 0.6 is 15.9 Å². The molecule has 0 fully saturated rings. The van der Waals surface area contributed by atoms with E-state index in [0.29, 0.717) is 11.7 Å². The summed E-state index contributed by atoms with van der Waals surface area (Å²) in [5.74, 6) is 0.425. The Hall–Kier alpha value is -2.55. The van der Waals surface area contributed by atoms with Crippen LogP contribution in [-0.4, -0.2) is 31.3 Å². The Morgan fingerprint density at radius 2 is 2.00 bits per heavy atom. The molecule has 9 heteroatoms. The van der Waals surface area contributed by atoms with Gasteiger partial charge >= 0.3 is 0 Å². The number of anilines is 1. The van der Waals surface area contributed by atoms with E-state index < -0.39 is 0 Å². The van der Waals surface area contributed by atoms with Crippen molar-refractivity contribution >= 4 is 27.7 Å². The molecule has 8 nitrogen and oxygen atoms in total. The fourth-order valence-corrected chi connectivity index (χ4v) is 2.28. The van der Waals surface area contributed by atoms with Gasteiger partial charge in [0.25, 0.3) is 0 Å². The third kappa shape index (κ3) is 4.30. The van der Waals surface area contributed by atoms with Crippen molar-refractivity contribution in [1.29, 1.82) is 0 Å². The molecule has 0 atom stereocenters. The highest BCUT2D eigenvalue weighted by Gasteiger charge is 2.20. The topological polar surface area (TPSA) is 98.7 Å². The first kappa shape index (κ1) is 17.3. The van der Waals surface area contributed by atoms with Crippen molar-refractivity contribution in [2.24, 2.45) is 0 Å². The normalized spacial score (nSPS) is 11.5. The van der Waals surface area contributed by atoms with Crippen LogP contribution in [0.15, 0.2) is 39.3 Å². The summed E-state index contributed by atoms with van der Waals surface area (Å²) in [5.41, 5.74) is 1.43. The van der Waals surface area contributed by atoms with Gasteiger partial charge in [-0.1, -0.05) is 41.9 Å². The minimum atomic E-state index is -0.323. The van der Waals surface area contributed by atoms with Crippen LogP contribution in [0.3, 0.4) is 0 Å². The van der Waals surface area contributed by atoms with E-state index in [1.165, 1.54) is 4.80 Å². The zero-order chi connectivity index (χ0) is 18.0. The number of amides is 1. The Labute approximate surface area is 152 Å². The summed E-state index contributed by atoms with van der Waals surface area (Å²) in [6.07, 6.45) is 0. The smallest absolute Gasteiger partial charge is 0.250 e. The van der Waals surface area contributed by atoms with Crippen molar-refractivity contribution in [2.75, 3.05) is 5.32 Å². The third-order valence-electron chi connectivity index (χ3n) is 3.38. The lowest BCUT2D eigenvalue weighted by Gasteiger charge is -2.12. The molecule has 0 spiro atoms. The number of halogens is 1. The number of tetrazole rings is 1. The molecule has 0 radical (unpaired) electrons. The van der Waals surface area contributed by atoms with Gasteiger partial charge in [-0.05, 0) is 29.5 Å². The van der Waals surface area contributed by atoms with E-state index in [4.69, 9.17) is 4.52 Å². The monoisotopic (exact) mass is 404 g/mol. The molecular weight excluding hydrogens is 388 g/mol. The van der Waals surface area contributed by atoms with E-state index in [2.05, 4.69) is 41.8 Å². The molecule has 2 heterocycles. The summed E-state index contributed by atoms with van der Waals surface area (Å²) in [6.45, 7) is 5.97. The van der Waals surface area contributed by atoms with Crippen LogP contribution in [0.4, 0.5) is 5.88 Å². The summed E-state index contributed by atoms with van der Waals surface area (Å²) < 4.78 is 6.10. The van der Waals surface area contributed by atoms with Crippen LogP contribution in [0.2, 0.25) is 0 Å². The summed E-state index contributed by atoms with van der Waals surface area (Å²) in [7, 11) is 0. The number of nitrogens with zero attached hydrogens (tertiary/aromatic N) is 5. The molecule has 1 aromatic carbocycles. The number of carbonyl (C=O) groups is 1. The Morgan fingerprint density at radius 3 is 2.64 bits per heavy atom. The number of benzene rings is 1. The lowest BCUT2D eigenvalue weighted by Crippen LogP contribution is -2.20. The quantitative estimate of drug-likeness (QED) is 0.717. The van der Waals surface area contributed by atoms with Crippen LogP contribution in [0.25, 0.3) is 11.4 Å². The molecule has 0 aliphatic carbocycles. The van der Waals surface area contributed by atoms with Gasteiger partial charge < -0.3 is 4.52 Å². The fourth-order valence-electron chi connectivity index (χ4n) is 2.02. The Kier molecular flexibility index (Phi) is 4.67. The first-order chi connectivity index (χ1) is 11.8. The Balaban J connectivity index is 1.64. The lowest BCUT2D eigenvalue weighted by atomic mass is 9.92. The highest BCUT2D eigenvalue weighted by Crippen LogP contribution is 2.23. The van der Waals surface area contributed by atoms with Crippen molar-refractivity contribution in [3.05, 3.63) is 40.5 Å². The van der Waals surface area contributed by atoms with E-state index in [1.807, 2.05) is 45.0 Å². The van der Waals surface area contributed by atoms with Gasteiger partial charge in [0.15, 0.2) is 0 Å². The molecule has 25 heavy (non-hydrogen) atoms. The van der Waals surface area contributed by atoms with Crippen molar-refractivity contribution in [3.8, 4) is 11.4 Å². The number of rotatable bonds is 4. The van der Waals surface area contributed by atoms with Gasteiger partial charge in [-0.25, -0.2) is 0 Å². The first-order valence-electron chi connectivity index (χ1n) is 7.62. The largest absolute Gasteiger partial charge is 0.338 e. The third-order valence-corrected chi connectivity index (χ3v) is 3.91. The standard InChI is InChI=1S/C16H17BrN6O2/c1-16(2,3)12-8-14(25-21-12)18-13(24)9-23-20-15(19-22-23)10-4-6-11(17)7-5-10/h4-8H,9H2,1-3H3,(H,18,24). The zero-order valence-electron chi connectivity index (χ0n) is 14.0. The molecule has 3 aromatic rings. The van der Waals surface area contributed by atoms with Gasteiger partial charge in [0.05, 0.1) is 5.69 Å². The van der Waals surface area contributed by atoms with E-state index in [-0.39, 0.29) is 17.9 Å². The molecule has 0 saturated heterocycles. The molecule has 0 unspecified atom stereocenters. The van der Waals surface area contributed by atoms with Crippen molar-refractivity contribution in [2.45, 2.75) is 32.7 Å². The SMILES string of the molecule is CC(C)(C)c1cc(NC(=O)Cn2nnc(-c3ccc(Br)cc3)n2)on1. The first-order valence-corrected chi connectivity index (χ1v) is 8.41. The van der Waals surface area contributed by atoms with E-state index >= 15 is 0 Å². The second kappa shape index (κ2) is 6.75. The van der Waals surface area contributed by atoms with Crippen LogP contribution in [-0.2, 0) is 16.8 Å². The van der Waals surface area contributed by atoms with Gasteiger partial charge in [-0.3, -0.25) is 10.1 Å². The number of nitrogens with one attached hydrogen (secondary N) is 1. The molecule has 3 rings (SSSR count). The molecule has 0 aliphatic rings. The molecule has 1 N–H and O–H groups in total. The second-order valence-electron chi connectivity index (χ2n) is 6.52. The minimum absolute atomic E-state index is 0.0743. The van der Waals surface area contributed by atoms with Crippen LogP contribution in [0.1, 0.15) is 26.5 Å². The highest BCUT2D eigenvalue weighted by atomic mass is 79.9. The highest BCUT2D eigenvalue weighted by molar-refractivity contribution is 9.10. The van der Waals surface area contributed by atoms with E-state index in [0.717, 1.165) is 15.7 Å². The zero-order valence-corrected chi connectivity index (χ0v) is 15.6. The van der Waals surface area contributed by atoms with Gasteiger partial charge in [-0.2, -0.15) is 4.80 Å². The summed E-state index contributed by atoms with van der Waals surface area (Å²) >= 11 is 3.37. The molecule has 0 aliphatic heterocycles. The van der Waals surface area contributed by atoms with E-state index in [1.54, 1.807) is 6.07 Å². The number of hydrogen-bond donors (Lipinski definition) is 1. The summed E-state index contributed by atoms with van der Waals surface area (Å²) in [5, 5.41) is 18.7. The summed E-state index contributed by atoms with van der Waals surface area (Å²) in [4.78, 5) is 13.3. The van der Waals surface area contributed by atoms with Gasteiger partial charge in [0.1, 0.15) is 6.54 Å². The number of aromatic nitrogens is 5. The molecule has 0 bridgehead atoms. The van der Waals surface area contributed by atoms with Gasteiger partial charge in [0.2, 0.25) is 17.6 Å². The van der Waals surface area contributed by atoms with Crippen LogP contribution < -0.4 is 5.32 Å². The Bertz CT molecular complexity index is 879. The van der Waals surface area contributed by atoms with E-state index in [9.17, 15) is 4.79 Å². The number of hydrogen-bond acceptors (Lipinski definition) is 6. The second-order valence-corrected chi connectivity index (χ2v) is 7.44. The van der Waals surface area contributed by atoms with Crippen LogP contribution in [0, 0.1) is 0 Å². The lowest BCUT2D eigenvalue weighted by molar-refractivity contribution is -0.117. The molecule has 130 valence electrons. The Morgan fingerprint density at radius 1 is 1.28 bits per heavy atom. The fraction of sp³-hybridized carbons (Fsp3) is 0.312. The van der Waals surface area contributed by atoms with Crippen LogP contribution in [0.5, 0.6) is 0 Å². The maximum Gasteiger partial charge on any atom is 0.250 e. The predicted molar refractivity (Wildman–Crippen MR) is 94.8 cm³/mol. The molecular formula is C16H17BrN6O2. The summed E-state index contributed by atoms with van der Waals surface area (Å²) in [6, 6.07) is 9.22.